The number of alkyl halides is 1. The first kappa shape index (κ1) is 31.2. The predicted molar refractivity (Wildman–Crippen MR) is 161 cm³/mol. The summed E-state index contributed by atoms with van der Waals surface area (Å²) >= 11 is 0. The molecular weight excluding hydrogens is 554 g/mol. The van der Waals surface area contributed by atoms with Gasteiger partial charge >= 0.3 is 5.97 Å². The molecule has 0 bridgehead atoms. The molecule has 0 saturated heterocycles. The topological polar surface area (TPSA) is 97.6 Å². The minimum atomic E-state index is -1.71. The SMILES string of the molecule is CC(C)c1c(C(=O)Nc2ccccc2)c(-c2ccccc2)c(-c2ccc(F)cc2)n1CCC(C[C@H](F)CC(=O)O)OC=O. The molecule has 1 amide bonds. The number of anilines is 1. The number of hydrogen-bond donors (Lipinski definition) is 2. The van der Waals surface area contributed by atoms with E-state index < -0.39 is 30.5 Å². The zero-order chi connectivity index (χ0) is 30.9. The summed E-state index contributed by atoms with van der Waals surface area (Å²) in [5, 5.41) is 12.0. The lowest BCUT2D eigenvalue weighted by Gasteiger charge is -2.21. The molecule has 0 aliphatic heterocycles. The van der Waals surface area contributed by atoms with Crippen molar-refractivity contribution >= 4 is 24.0 Å². The van der Waals surface area contributed by atoms with Crippen molar-refractivity contribution in [2.75, 3.05) is 5.32 Å². The summed E-state index contributed by atoms with van der Waals surface area (Å²) in [6.45, 7) is 4.35. The molecule has 9 heteroatoms. The van der Waals surface area contributed by atoms with Crippen molar-refractivity contribution in [3.63, 3.8) is 0 Å². The van der Waals surface area contributed by atoms with Gasteiger partial charge < -0.3 is 19.7 Å². The first-order valence-electron chi connectivity index (χ1n) is 14.1. The summed E-state index contributed by atoms with van der Waals surface area (Å²) in [6, 6.07) is 24.4. The molecule has 0 saturated carbocycles. The number of nitrogens with one attached hydrogen (secondary N) is 1. The van der Waals surface area contributed by atoms with Crippen molar-refractivity contribution < 1.29 is 33.0 Å². The maximum absolute atomic E-state index is 14.5. The Morgan fingerprint density at radius 1 is 0.953 bits per heavy atom. The number of rotatable bonds is 14. The van der Waals surface area contributed by atoms with Gasteiger partial charge in [0.15, 0.2) is 0 Å². The number of carboxylic acids is 1. The Kier molecular flexibility index (Phi) is 10.4. The van der Waals surface area contributed by atoms with E-state index in [-0.39, 0.29) is 37.7 Å². The number of para-hydroxylation sites is 1. The molecule has 1 heterocycles. The Balaban J connectivity index is 1.91. The number of aromatic nitrogens is 1. The predicted octanol–water partition coefficient (Wildman–Crippen LogP) is 7.47. The lowest BCUT2D eigenvalue weighted by molar-refractivity contribution is -0.139. The molecule has 0 aliphatic rings. The number of carbonyl (C=O) groups excluding carboxylic acids is 2. The van der Waals surface area contributed by atoms with Gasteiger partial charge in [-0.1, -0.05) is 62.4 Å². The van der Waals surface area contributed by atoms with E-state index in [1.165, 1.54) is 12.1 Å². The minimum Gasteiger partial charge on any atom is -0.481 e. The van der Waals surface area contributed by atoms with Crippen LogP contribution in [0, 0.1) is 5.82 Å². The monoisotopic (exact) mass is 588 g/mol. The van der Waals surface area contributed by atoms with E-state index in [1.807, 2.05) is 66.9 Å². The minimum absolute atomic E-state index is 0.148. The van der Waals surface area contributed by atoms with Gasteiger partial charge in [-0.25, -0.2) is 8.78 Å². The Morgan fingerprint density at radius 3 is 2.16 bits per heavy atom. The number of benzene rings is 3. The van der Waals surface area contributed by atoms with Crippen LogP contribution >= 0.6 is 0 Å². The van der Waals surface area contributed by atoms with E-state index >= 15 is 0 Å². The van der Waals surface area contributed by atoms with E-state index in [0.29, 0.717) is 33.8 Å². The number of nitrogens with zero attached hydrogens (tertiary/aromatic N) is 1. The zero-order valence-corrected chi connectivity index (χ0v) is 24.0. The summed E-state index contributed by atoms with van der Waals surface area (Å²) < 4.78 is 35.7. The molecule has 2 N–H and O–H groups in total. The van der Waals surface area contributed by atoms with Crippen LogP contribution in [0.4, 0.5) is 14.5 Å². The van der Waals surface area contributed by atoms with Crippen molar-refractivity contribution in [2.45, 2.75) is 57.8 Å². The fourth-order valence-electron chi connectivity index (χ4n) is 5.36. The second-order valence-electron chi connectivity index (χ2n) is 10.6. The molecule has 0 spiro atoms. The Morgan fingerprint density at radius 2 is 1.58 bits per heavy atom. The highest BCUT2D eigenvalue weighted by molar-refractivity contribution is 6.12. The van der Waals surface area contributed by atoms with E-state index in [9.17, 15) is 23.2 Å². The van der Waals surface area contributed by atoms with Gasteiger partial charge in [0.25, 0.3) is 12.4 Å². The zero-order valence-electron chi connectivity index (χ0n) is 24.0. The number of hydrogen-bond acceptors (Lipinski definition) is 4. The lowest BCUT2D eigenvalue weighted by Crippen LogP contribution is -2.23. The third-order valence-corrected chi connectivity index (χ3v) is 7.13. The summed E-state index contributed by atoms with van der Waals surface area (Å²) in [4.78, 5) is 36.4. The van der Waals surface area contributed by atoms with Crippen LogP contribution in [0.1, 0.15) is 55.1 Å². The average Bonchev–Trinajstić information content (AvgIpc) is 3.32. The van der Waals surface area contributed by atoms with Crippen LogP contribution in [0.25, 0.3) is 22.4 Å². The average molecular weight is 589 g/mol. The van der Waals surface area contributed by atoms with Gasteiger partial charge in [0.1, 0.15) is 18.1 Å². The van der Waals surface area contributed by atoms with E-state index in [1.54, 1.807) is 24.3 Å². The largest absolute Gasteiger partial charge is 0.481 e. The van der Waals surface area contributed by atoms with Gasteiger partial charge in [0, 0.05) is 36.3 Å². The number of aliphatic carboxylic acids is 1. The molecule has 1 aromatic heterocycles. The highest BCUT2D eigenvalue weighted by atomic mass is 19.1. The third-order valence-electron chi connectivity index (χ3n) is 7.13. The first-order valence-corrected chi connectivity index (χ1v) is 14.1. The Hall–Kier alpha value is -4.79. The van der Waals surface area contributed by atoms with Crippen LogP contribution in [-0.4, -0.2) is 40.3 Å². The van der Waals surface area contributed by atoms with Gasteiger partial charge in [-0.2, -0.15) is 0 Å². The summed E-state index contributed by atoms with van der Waals surface area (Å²) in [5.74, 6) is -2.20. The van der Waals surface area contributed by atoms with E-state index in [2.05, 4.69) is 5.32 Å². The molecule has 4 rings (SSSR count). The summed E-state index contributed by atoms with van der Waals surface area (Å²) in [5.41, 5.74) is 4.47. The summed E-state index contributed by atoms with van der Waals surface area (Å²) in [7, 11) is 0. The molecule has 3 aromatic carbocycles. The van der Waals surface area contributed by atoms with Gasteiger partial charge in [-0.05, 0) is 53.4 Å². The highest BCUT2D eigenvalue weighted by Gasteiger charge is 2.31. The van der Waals surface area contributed by atoms with Gasteiger partial charge in [0.2, 0.25) is 0 Å². The van der Waals surface area contributed by atoms with Crippen molar-refractivity contribution in [2.24, 2.45) is 0 Å². The normalized spacial score (nSPS) is 12.5. The highest BCUT2D eigenvalue weighted by Crippen LogP contribution is 2.42. The van der Waals surface area contributed by atoms with Gasteiger partial charge in [0.05, 0.1) is 17.7 Å². The molecule has 224 valence electrons. The Labute approximate surface area is 249 Å². The van der Waals surface area contributed by atoms with Crippen molar-refractivity contribution in [1.82, 2.24) is 4.57 Å². The third kappa shape index (κ3) is 7.74. The number of ether oxygens (including phenoxy) is 1. The fourth-order valence-corrected chi connectivity index (χ4v) is 5.36. The van der Waals surface area contributed by atoms with Crippen molar-refractivity contribution in [3.8, 4) is 22.4 Å². The molecule has 0 fully saturated rings. The first-order chi connectivity index (χ1) is 20.7. The number of halogens is 2. The van der Waals surface area contributed by atoms with Gasteiger partial charge in [-0.3, -0.25) is 14.4 Å². The van der Waals surface area contributed by atoms with Crippen LogP contribution in [0.2, 0.25) is 0 Å². The fraction of sp³-hybridized carbons (Fsp3) is 0.265. The van der Waals surface area contributed by atoms with Gasteiger partial charge in [-0.15, -0.1) is 0 Å². The summed E-state index contributed by atoms with van der Waals surface area (Å²) in [6.07, 6.45) is -3.46. The second kappa shape index (κ2) is 14.4. The van der Waals surface area contributed by atoms with Crippen molar-refractivity contribution in [1.29, 1.82) is 0 Å². The quantitative estimate of drug-likeness (QED) is 0.149. The van der Waals surface area contributed by atoms with Crippen LogP contribution in [0.15, 0.2) is 84.9 Å². The molecule has 1 unspecified atom stereocenters. The lowest BCUT2D eigenvalue weighted by atomic mass is 9.94. The van der Waals surface area contributed by atoms with Crippen LogP contribution < -0.4 is 5.32 Å². The molecule has 7 nitrogen and oxygen atoms in total. The standard InChI is InChI=1S/C34H34F2N2O5/c1-22(2)32-31(34(42)37-27-11-7-4-8-12-27)30(23-9-5-3-6-10-23)33(24-13-15-25(35)16-14-24)38(32)18-17-28(43-21-39)19-26(36)20-29(40)41/h3-16,21-22,26,28H,17-20H2,1-2H3,(H,37,42)(H,40,41)/t26-,28?/m0/s1. The molecule has 0 aliphatic carbocycles. The maximum Gasteiger partial charge on any atom is 0.306 e. The second-order valence-corrected chi connectivity index (χ2v) is 10.6. The molecule has 0 radical (unpaired) electrons. The van der Waals surface area contributed by atoms with Crippen molar-refractivity contribution in [3.05, 3.63) is 102 Å². The van der Waals surface area contributed by atoms with Crippen LogP contribution in [-0.2, 0) is 20.9 Å². The molecule has 4 aromatic rings. The molecule has 43 heavy (non-hydrogen) atoms. The van der Waals surface area contributed by atoms with Crippen LogP contribution in [0.5, 0.6) is 0 Å². The van der Waals surface area contributed by atoms with E-state index in [4.69, 9.17) is 9.84 Å². The number of amides is 1. The number of carboxylic acid groups (broad SMARTS) is 1. The maximum atomic E-state index is 14.5. The smallest absolute Gasteiger partial charge is 0.306 e. The van der Waals surface area contributed by atoms with E-state index in [0.717, 1.165) is 5.56 Å². The van der Waals surface area contributed by atoms with Crippen LogP contribution in [0.3, 0.4) is 0 Å². The molecule has 2 atom stereocenters. The number of carbonyl (C=O) groups is 3. The Bertz CT molecular complexity index is 1540. The molecular formula is C34H34F2N2O5.